The number of anilines is 1. The van der Waals surface area contributed by atoms with E-state index in [9.17, 15) is 18.0 Å². The van der Waals surface area contributed by atoms with Crippen LogP contribution in [0.4, 0.5) is 19.1 Å². The zero-order chi connectivity index (χ0) is 14.0. The molecular formula is C10H8F3N5O. The van der Waals surface area contributed by atoms with Gasteiger partial charge in [-0.1, -0.05) is 5.10 Å². The monoisotopic (exact) mass is 271 g/mol. The summed E-state index contributed by atoms with van der Waals surface area (Å²) in [6, 6.07) is 3.84. The van der Waals surface area contributed by atoms with E-state index in [-0.39, 0.29) is 11.5 Å². The lowest BCUT2D eigenvalue weighted by molar-refractivity contribution is -0.137. The van der Waals surface area contributed by atoms with E-state index in [4.69, 9.17) is 0 Å². The van der Waals surface area contributed by atoms with Crippen molar-refractivity contribution in [3.8, 4) is 0 Å². The molecule has 6 nitrogen and oxygen atoms in total. The molecule has 1 N–H and O–H groups in total. The van der Waals surface area contributed by atoms with Crippen LogP contribution in [-0.2, 0) is 13.2 Å². The van der Waals surface area contributed by atoms with E-state index in [0.29, 0.717) is 0 Å². The third-order valence-corrected chi connectivity index (χ3v) is 2.32. The summed E-state index contributed by atoms with van der Waals surface area (Å²) in [4.78, 5) is 11.7. The van der Waals surface area contributed by atoms with Crippen molar-refractivity contribution in [2.75, 3.05) is 5.32 Å². The SMILES string of the molecule is Cn1nnnc1NC(=O)c1ccc(C(F)(F)F)cc1. The molecule has 0 fully saturated rings. The minimum absolute atomic E-state index is 0.0796. The van der Waals surface area contributed by atoms with Crippen molar-refractivity contribution in [3.63, 3.8) is 0 Å². The maximum atomic E-state index is 12.3. The van der Waals surface area contributed by atoms with Crippen LogP contribution in [0.3, 0.4) is 0 Å². The molecule has 0 bridgehead atoms. The molecule has 0 aliphatic carbocycles. The van der Waals surface area contributed by atoms with E-state index in [1.807, 2.05) is 0 Å². The van der Waals surface area contributed by atoms with Gasteiger partial charge < -0.3 is 0 Å². The molecule has 0 saturated heterocycles. The van der Waals surface area contributed by atoms with Crippen molar-refractivity contribution < 1.29 is 18.0 Å². The molecule has 0 unspecified atom stereocenters. The number of halogens is 3. The highest BCUT2D eigenvalue weighted by atomic mass is 19.4. The van der Waals surface area contributed by atoms with Gasteiger partial charge in [-0.05, 0) is 34.7 Å². The largest absolute Gasteiger partial charge is 0.416 e. The van der Waals surface area contributed by atoms with Crippen LogP contribution in [0, 0.1) is 0 Å². The maximum Gasteiger partial charge on any atom is 0.416 e. The zero-order valence-corrected chi connectivity index (χ0v) is 9.64. The number of hydrogen-bond acceptors (Lipinski definition) is 4. The van der Waals surface area contributed by atoms with Crippen LogP contribution in [0.2, 0.25) is 0 Å². The Labute approximate surface area is 105 Å². The molecular weight excluding hydrogens is 263 g/mol. The Morgan fingerprint density at radius 3 is 2.37 bits per heavy atom. The summed E-state index contributed by atoms with van der Waals surface area (Å²) >= 11 is 0. The zero-order valence-electron chi connectivity index (χ0n) is 9.64. The summed E-state index contributed by atoms with van der Waals surface area (Å²) in [5.74, 6) is -0.489. The quantitative estimate of drug-likeness (QED) is 0.898. The van der Waals surface area contributed by atoms with Crippen molar-refractivity contribution >= 4 is 11.9 Å². The van der Waals surface area contributed by atoms with Crippen LogP contribution < -0.4 is 5.32 Å². The summed E-state index contributed by atoms with van der Waals surface area (Å²) in [5, 5.41) is 12.7. The molecule has 0 atom stereocenters. The van der Waals surface area contributed by atoms with Gasteiger partial charge in [0.1, 0.15) is 0 Å². The normalized spacial score (nSPS) is 11.4. The second kappa shape index (κ2) is 4.67. The van der Waals surface area contributed by atoms with Gasteiger partial charge in [-0.15, -0.1) is 0 Å². The Morgan fingerprint density at radius 1 is 1.26 bits per heavy atom. The Balaban J connectivity index is 2.14. The van der Waals surface area contributed by atoms with Gasteiger partial charge in [-0.3, -0.25) is 10.1 Å². The van der Waals surface area contributed by atoms with Gasteiger partial charge in [0.25, 0.3) is 5.91 Å². The fraction of sp³-hybridized carbons (Fsp3) is 0.200. The molecule has 2 aromatic rings. The first kappa shape index (κ1) is 13.0. The lowest BCUT2D eigenvalue weighted by Gasteiger charge is -2.07. The second-order valence-corrected chi connectivity index (χ2v) is 3.66. The molecule has 2 rings (SSSR count). The van der Waals surface area contributed by atoms with Crippen molar-refractivity contribution in [2.24, 2.45) is 7.05 Å². The first-order valence-corrected chi connectivity index (χ1v) is 5.09. The van der Waals surface area contributed by atoms with Gasteiger partial charge in [0, 0.05) is 12.6 Å². The van der Waals surface area contributed by atoms with E-state index in [2.05, 4.69) is 20.8 Å². The van der Waals surface area contributed by atoms with Crippen molar-refractivity contribution in [1.29, 1.82) is 0 Å². The molecule has 1 heterocycles. The molecule has 1 aromatic heterocycles. The Hall–Kier alpha value is -2.45. The third kappa shape index (κ3) is 2.87. The smallest absolute Gasteiger partial charge is 0.289 e. The van der Waals surface area contributed by atoms with E-state index in [1.54, 1.807) is 0 Å². The summed E-state index contributed by atoms with van der Waals surface area (Å²) in [5.41, 5.74) is -0.736. The molecule has 0 radical (unpaired) electrons. The Morgan fingerprint density at radius 2 is 1.89 bits per heavy atom. The summed E-state index contributed by atoms with van der Waals surface area (Å²) in [6.07, 6.45) is -4.43. The predicted molar refractivity (Wildman–Crippen MR) is 58.2 cm³/mol. The van der Waals surface area contributed by atoms with E-state index in [1.165, 1.54) is 11.7 Å². The maximum absolute atomic E-state index is 12.3. The molecule has 0 spiro atoms. The molecule has 1 amide bonds. The molecule has 0 aliphatic heterocycles. The van der Waals surface area contributed by atoms with Crippen molar-refractivity contribution in [3.05, 3.63) is 35.4 Å². The summed E-state index contributed by atoms with van der Waals surface area (Å²) in [7, 11) is 1.52. The number of aromatic nitrogens is 4. The predicted octanol–water partition coefficient (Wildman–Crippen LogP) is 1.48. The van der Waals surface area contributed by atoms with Gasteiger partial charge in [0.2, 0.25) is 5.95 Å². The minimum Gasteiger partial charge on any atom is -0.289 e. The van der Waals surface area contributed by atoms with Gasteiger partial charge >= 0.3 is 6.18 Å². The molecule has 9 heteroatoms. The van der Waals surface area contributed by atoms with E-state index >= 15 is 0 Å². The average Bonchev–Trinajstić information content (AvgIpc) is 2.74. The lowest BCUT2D eigenvalue weighted by Crippen LogP contribution is -2.15. The fourth-order valence-corrected chi connectivity index (χ4v) is 1.32. The van der Waals surface area contributed by atoms with Crippen LogP contribution in [-0.4, -0.2) is 26.1 Å². The van der Waals surface area contributed by atoms with Crippen LogP contribution in [0.1, 0.15) is 15.9 Å². The van der Waals surface area contributed by atoms with Gasteiger partial charge in [0.15, 0.2) is 0 Å². The highest BCUT2D eigenvalue weighted by Crippen LogP contribution is 2.29. The Kier molecular flexibility index (Phi) is 3.19. The number of carbonyl (C=O) groups is 1. The molecule has 19 heavy (non-hydrogen) atoms. The fourth-order valence-electron chi connectivity index (χ4n) is 1.32. The molecule has 100 valence electrons. The number of nitrogens with one attached hydrogen (secondary N) is 1. The van der Waals surface area contributed by atoms with E-state index < -0.39 is 17.6 Å². The van der Waals surface area contributed by atoms with Crippen molar-refractivity contribution in [1.82, 2.24) is 20.2 Å². The van der Waals surface area contributed by atoms with Gasteiger partial charge in [-0.25, -0.2) is 4.68 Å². The minimum atomic E-state index is -4.43. The molecule has 0 aliphatic rings. The Bertz CT molecular complexity index is 590. The molecule has 1 aromatic carbocycles. The topological polar surface area (TPSA) is 72.7 Å². The van der Waals surface area contributed by atoms with Crippen LogP contribution in [0.25, 0.3) is 0 Å². The average molecular weight is 271 g/mol. The van der Waals surface area contributed by atoms with Crippen molar-refractivity contribution in [2.45, 2.75) is 6.18 Å². The number of amides is 1. The molecule has 0 saturated carbocycles. The highest BCUT2D eigenvalue weighted by Gasteiger charge is 2.30. The number of alkyl halides is 3. The van der Waals surface area contributed by atoms with Gasteiger partial charge in [0.05, 0.1) is 5.56 Å². The van der Waals surface area contributed by atoms with Crippen LogP contribution in [0.15, 0.2) is 24.3 Å². The second-order valence-electron chi connectivity index (χ2n) is 3.66. The summed E-state index contributed by atoms with van der Waals surface area (Å²) < 4.78 is 38.3. The number of hydrogen-bond donors (Lipinski definition) is 1. The third-order valence-electron chi connectivity index (χ3n) is 2.32. The van der Waals surface area contributed by atoms with Gasteiger partial charge in [-0.2, -0.15) is 13.2 Å². The first-order chi connectivity index (χ1) is 8.88. The van der Waals surface area contributed by atoms with Crippen LogP contribution >= 0.6 is 0 Å². The number of nitrogens with zero attached hydrogens (tertiary/aromatic N) is 4. The highest BCUT2D eigenvalue weighted by molar-refractivity contribution is 6.03. The number of rotatable bonds is 2. The lowest BCUT2D eigenvalue weighted by atomic mass is 10.1. The van der Waals surface area contributed by atoms with Crippen LogP contribution in [0.5, 0.6) is 0 Å². The number of carbonyl (C=O) groups excluding carboxylic acids is 1. The number of benzene rings is 1. The number of tetrazole rings is 1. The van der Waals surface area contributed by atoms with E-state index in [0.717, 1.165) is 24.3 Å². The standard InChI is InChI=1S/C10H8F3N5O/c1-18-9(15-16-17-18)14-8(19)6-2-4-7(5-3-6)10(11,12)13/h2-5H,1H3,(H,14,15,17,19). The number of aryl methyl sites for hydroxylation is 1. The first-order valence-electron chi connectivity index (χ1n) is 5.09. The summed E-state index contributed by atoms with van der Waals surface area (Å²) in [6.45, 7) is 0.